The monoisotopic (exact) mass is 240 g/mol. The highest BCUT2D eigenvalue weighted by atomic mass is 15.2. The number of anilines is 1. The van der Waals surface area contributed by atoms with E-state index in [1.165, 1.54) is 12.8 Å². The molecular weight excluding hydrogens is 224 g/mol. The molecule has 1 aliphatic carbocycles. The van der Waals surface area contributed by atoms with Gasteiger partial charge in [-0.15, -0.1) is 0 Å². The Morgan fingerprint density at radius 3 is 2.67 bits per heavy atom. The molecule has 2 aliphatic rings. The van der Waals surface area contributed by atoms with Gasteiger partial charge in [0.15, 0.2) is 5.82 Å². The maximum absolute atomic E-state index is 4.48. The van der Waals surface area contributed by atoms with Crippen molar-refractivity contribution in [3.8, 4) is 0 Å². The van der Waals surface area contributed by atoms with Crippen molar-refractivity contribution in [3.63, 3.8) is 0 Å². The molecule has 1 fully saturated rings. The minimum atomic E-state index is 0.801. The molecule has 92 valence electrons. The van der Waals surface area contributed by atoms with Gasteiger partial charge >= 0.3 is 0 Å². The van der Waals surface area contributed by atoms with Crippen molar-refractivity contribution in [3.05, 3.63) is 30.7 Å². The summed E-state index contributed by atoms with van der Waals surface area (Å²) in [6.07, 6.45) is 10.7. The summed E-state index contributed by atoms with van der Waals surface area (Å²) in [5.74, 6) is 2.67. The SMILES string of the molecule is C1=CC[C@H]2CN(c3ncnc4cc[nH]c34)C[C@H]2C1. The fourth-order valence-corrected chi connectivity index (χ4v) is 3.29. The second-order valence-electron chi connectivity index (χ2n) is 5.30. The quantitative estimate of drug-likeness (QED) is 0.778. The van der Waals surface area contributed by atoms with Gasteiger partial charge in [-0.2, -0.15) is 0 Å². The number of fused-ring (bicyclic) bond motifs is 2. The maximum atomic E-state index is 4.48. The van der Waals surface area contributed by atoms with Crippen molar-refractivity contribution in [2.24, 2.45) is 11.8 Å². The van der Waals surface area contributed by atoms with Crippen LogP contribution in [0.15, 0.2) is 30.7 Å². The van der Waals surface area contributed by atoms with Crippen molar-refractivity contribution in [2.45, 2.75) is 12.8 Å². The predicted octanol–water partition coefficient (Wildman–Crippen LogP) is 2.36. The topological polar surface area (TPSA) is 44.8 Å². The van der Waals surface area contributed by atoms with Crippen LogP contribution in [0.4, 0.5) is 5.82 Å². The van der Waals surface area contributed by atoms with Crippen LogP contribution < -0.4 is 4.90 Å². The lowest BCUT2D eigenvalue weighted by molar-refractivity contribution is 0.411. The first-order chi connectivity index (χ1) is 8.92. The summed E-state index contributed by atoms with van der Waals surface area (Å²) in [6.45, 7) is 2.25. The fourth-order valence-electron chi connectivity index (χ4n) is 3.29. The molecule has 18 heavy (non-hydrogen) atoms. The minimum Gasteiger partial charge on any atom is -0.357 e. The first kappa shape index (κ1) is 10.1. The van der Waals surface area contributed by atoms with Crippen LogP contribution in [0, 0.1) is 11.8 Å². The van der Waals surface area contributed by atoms with Crippen LogP contribution in [-0.2, 0) is 0 Å². The third-order valence-corrected chi connectivity index (χ3v) is 4.25. The van der Waals surface area contributed by atoms with Crippen LogP contribution in [0.25, 0.3) is 11.0 Å². The maximum Gasteiger partial charge on any atom is 0.156 e. The second kappa shape index (κ2) is 3.83. The normalized spacial score (nSPS) is 26.8. The first-order valence-electron chi connectivity index (χ1n) is 6.60. The van der Waals surface area contributed by atoms with Gasteiger partial charge in [0.25, 0.3) is 0 Å². The van der Waals surface area contributed by atoms with Crippen LogP contribution >= 0.6 is 0 Å². The summed E-state index contributed by atoms with van der Waals surface area (Å²) in [5, 5.41) is 0. The number of aromatic nitrogens is 3. The smallest absolute Gasteiger partial charge is 0.156 e. The molecule has 0 saturated carbocycles. The second-order valence-corrected chi connectivity index (χ2v) is 5.30. The van der Waals surface area contributed by atoms with Crippen molar-refractivity contribution in [1.29, 1.82) is 0 Å². The zero-order valence-corrected chi connectivity index (χ0v) is 10.2. The summed E-state index contributed by atoms with van der Waals surface area (Å²) in [5.41, 5.74) is 2.08. The highest BCUT2D eigenvalue weighted by molar-refractivity contribution is 5.86. The Morgan fingerprint density at radius 2 is 1.89 bits per heavy atom. The van der Waals surface area contributed by atoms with Gasteiger partial charge in [-0.3, -0.25) is 0 Å². The number of H-pyrrole nitrogens is 1. The molecule has 4 heteroatoms. The molecule has 0 unspecified atom stereocenters. The van der Waals surface area contributed by atoms with E-state index in [1.807, 2.05) is 12.3 Å². The lowest BCUT2D eigenvalue weighted by Crippen LogP contribution is -2.21. The number of allylic oxidation sites excluding steroid dienone is 2. The fraction of sp³-hybridized carbons (Fsp3) is 0.429. The number of nitrogens with one attached hydrogen (secondary N) is 1. The molecule has 1 aliphatic heterocycles. The van der Waals surface area contributed by atoms with E-state index in [9.17, 15) is 0 Å². The van der Waals surface area contributed by atoms with Crippen LogP contribution in [0.2, 0.25) is 0 Å². The number of nitrogens with zero attached hydrogens (tertiary/aromatic N) is 3. The molecule has 1 N–H and O–H groups in total. The lowest BCUT2D eigenvalue weighted by atomic mass is 9.86. The Morgan fingerprint density at radius 1 is 1.11 bits per heavy atom. The summed E-state index contributed by atoms with van der Waals surface area (Å²) in [7, 11) is 0. The van der Waals surface area contributed by atoms with Crippen molar-refractivity contribution in [1.82, 2.24) is 15.0 Å². The Balaban J connectivity index is 1.70. The Bertz CT molecular complexity index is 585. The predicted molar refractivity (Wildman–Crippen MR) is 71.5 cm³/mol. The Hall–Kier alpha value is -1.84. The third kappa shape index (κ3) is 1.45. The molecule has 1 saturated heterocycles. The molecule has 2 aromatic heterocycles. The highest BCUT2D eigenvalue weighted by Crippen LogP contribution is 2.36. The van der Waals surface area contributed by atoms with E-state index < -0.39 is 0 Å². The van der Waals surface area contributed by atoms with E-state index in [2.05, 4.69) is 32.0 Å². The number of rotatable bonds is 1. The molecule has 0 radical (unpaired) electrons. The molecule has 2 aromatic rings. The molecule has 0 aromatic carbocycles. The standard InChI is InChI=1S/C14H16N4/c1-2-4-11-8-18(7-10(11)3-1)14-13-12(5-6-15-13)16-9-17-14/h1-2,5-6,9-11,15H,3-4,7-8H2/t10-,11+. The van der Waals surface area contributed by atoms with E-state index in [-0.39, 0.29) is 0 Å². The summed E-state index contributed by atoms with van der Waals surface area (Å²) in [6, 6.07) is 2.01. The largest absolute Gasteiger partial charge is 0.357 e. The summed E-state index contributed by atoms with van der Waals surface area (Å²) in [4.78, 5) is 14.4. The highest BCUT2D eigenvalue weighted by Gasteiger charge is 2.34. The molecule has 2 atom stereocenters. The molecule has 4 rings (SSSR count). The van der Waals surface area contributed by atoms with Gasteiger partial charge in [0.2, 0.25) is 0 Å². The van der Waals surface area contributed by atoms with Crippen LogP contribution in [-0.4, -0.2) is 28.0 Å². The molecule has 0 bridgehead atoms. The van der Waals surface area contributed by atoms with Gasteiger partial charge in [0.1, 0.15) is 11.8 Å². The van der Waals surface area contributed by atoms with E-state index in [4.69, 9.17) is 0 Å². The lowest BCUT2D eigenvalue weighted by Gasteiger charge is -2.17. The molecule has 0 spiro atoms. The average Bonchev–Trinajstić information content (AvgIpc) is 3.04. The van der Waals surface area contributed by atoms with Crippen LogP contribution in [0.3, 0.4) is 0 Å². The van der Waals surface area contributed by atoms with E-state index in [0.717, 1.165) is 41.8 Å². The molecule has 4 nitrogen and oxygen atoms in total. The van der Waals surface area contributed by atoms with Gasteiger partial charge in [-0.05, 0) is 30.7 Å². The third-order valence-electron chi connectivity index (χ3n) is 4.25. The van der Waals surface area contributed by atoms with Gasteiger partial charge in [-0.25, -0.2) is 9.97 Å². The van der Waals surface area contributed by atoms with E-state index in [1.54, 1.807) is 6.33 Å². The van der Waals surface area contributed by atoms with Crippen molar-refractivity contribution >= 4 is 16.9 Å². The van der Waals surface area contributed by atoms with E-state index >= 15 is 0 Å². The zero-order chi connectivity index (χ0) is 11.9. The van der Waals surface area contributed by atoms with Crippen LogP contribution in [0.5, 0.6) is 0 Å². The first-order valence-corrected chi connectivity index (χ1v) is 6.60. The molecule has 3 heterocycles. The van der Waals surface area contributed by atoms with Crippen LogP contribution in [0.1, 0.15) is 12.8 Å². The zero-order valence-electron chi connectivity index (χ0n) is 10.2. The molecular formula is C14H16N4. The van der Waals surface area contributed by atoms with Crippen molar-refractivity contribution < 1.29 is 0 Å². The summed E-state index contributed by atoms with van der Waals surface area (Å²) < 4.78 is 0. The molecule has 0 amide bonds. The van der Waals surface area contributed by atoms with Crippen molar-refractivity contribution in [2.75, 3.05) is 18.0 Å². The van der Waals surface area contributed by atoms with Gasteiger partial charge in [0, 0.05) is 19.3 Å². The Kier molecular flexibility index (Phi) is 2.15. The number of hydrogen-bond acceptors (Lipinski definition) is 3. The van der Waals surface area contributed by atoms with Gasteiger partial charge in [-0.1, -0.05) is 12.2 Å². The van der Waals surface area contributed by atoms with Gasteiger partial charge < -0.3 is 9.88 Å². The Labute approximate surface area is 106 Å². The average molecular weight is 240 g/mol. The summed E-state index contributed by atoms with van der Waals surface area (Å²) >= 11 is 0. The minimum absolute atomic E-state index is 0.801. The van der Waals surface area contributed by atoms with E-state index in [0.29, 0.717) is 0 Å². The van der Waals surface area contributed by atoms with Gasteiger partial charge in [0.05, 0.1) is 5.52 Å². The number of hydrogen-bond donors (Lipinski definition) is 1. The number of aromatic amines is 1.